The number of primary amides is 1. The van der Waals surface area contributed by atoms with Gasteiger partial charge in [0, 0.05) is 5.30 Å². The van der Waals surface area contributed by atoms with Crippen LogP contribution in [0.1, 0.15) is 5.56 Å². The van der Waals surface area contributed by atoms with Crippen LogP contribution in [0.15, 0.2) is 18.2 Å². The Morgan fingerprint density at radius 1 is 1.16 bits per heavy atom. The summed E-state index contributed by atoms with van der Waals surface area (Å²) < 4.78 is 27.6. The van der Waals surface area contributed by atoms with E-state index in [2.05, 4.69) is 0 Å². The van der Waals surface area contributed by atoms with Crippen molar-refractivity contribution in [1.29, 1.82) is 0 Å². The molecule has 0 spiro atoms. The van der Waals surface area contributed by atoms with Crippen molar-refractivity contribution in [2.75, 3.05) is 0 Å². The summed E-state index contributed by atoms with van der Waals surface area (Å²) in [5.74, 6) is -0.667. The van der Waals surface area contributed by atoms with E-state index in [1.165, 1.54) is 18.2 Å². The highest BCUT2D eigenvalue weighted by Gasteiger charge is 2.21. The molecule has 19 heavy (non-hydrogen) atoms. The minimum Gasteiger partial charge on any atom is -0.422 e. The van der Waals surface area contributed by atoms with Gasteiger partial charge in [0.05, 0.1) is 6.42 Å². The summed E-state index contributed by atoms with van der Waals surface area (Å²) in [5.41, 5.74) is 26.2. The first-order chi connectivity index (χ1) is 8.49. The number of rotatable bonds is 5. The average Bonchev–Trinajstić information content (AvgIpc) is 2.15. The SMILES string of the molecule is NC(=O)Cc1ccc(OP(N)(N)=O)cc1P(N)(N)=O. The summed E-state index contributed by atoms with van der Waals surface area (Å²) in [6.07, 6.45) is -0.198. The molecule has 1 amide bonds. The summed E-state index contributed by atoms with van der Waals surface area (Å²) in [4.78, 5) is 10.9. The van der Waals surface area contributed by atoms with Crippen molar-refractivity contribution in [2.45, 2.75) is 6.42 Å². The van der Waals surface area contributed by atoms with Gasteiger partial charge in [0.2, 0.25) is 13.4 Å². The zero-order valence-electron chi connectivity index (χ0n) is 9.85. The summed E-state index contributed by atoms with van der Waals surface area (Å²) in [7, 11) is -7.43. The van der Waals surface area contributed by atoms with E-state index >= 15 is 0 Å². The van der Waals surface area contributed by atoms with Crippen LogP contribution < -0.4 is 37.6 Å². The van der Waals surface area contributed by atoms with Crippen LogP contribution in [0.5, 0.6) is 5.75 Å². The number of carbonyl (C=O) groups excluding carboxylic acids is 1. The van der Waals surface area contributed by atoms with Crippen molar-refractivity contribution in [2.24, 2.45) is 27.8 Å². The van der Waals surface area contributed by atoms with Gasteiger partial charge in [0.1, 0.15) is 5.75 Å². The maximum absolute atomic E-state index is 11.8. The molecule has 0 aliphatic rings. The van der Waals surface area contributed by atoms with Crippen LogP contribution in [-0.4, -0.2) is 5.91 Å². The fourth-order valence-electron chi connectivity index (χ4n) is 1.43. The normalized spacial score (nSPS) is 12.2. The Kier molecular flexibility index (Phi) is 4.52. The topological polar surface area (TPSA) is 191 Å². The molecular weight excluding hydrogens is 292 g/mol. The lowest BCUT2D eigenvalue weighted by atomic mass is 10.1. The molecule has 0 fully saturated rings. The zero-order chi connectivity index (χ0) is 14.8. The molecule has 11 heteroatoms. The fraction of sp³-hybridized carbons (Fsp3) is 0.125. The number of amides is 1. The van der Waals surface area contributed by atoms with E-state index in [4.69, 9.17) is 32.3 Å². The van der Waals surface area contributed by atoms with Gasteiger partial charge >= 0.3 is 7.67 Å². The monoisotopic (exact) mass is 307 g/mol. The van der Waals surface area contributed by atoms with E-state index < -0.39 is 21.0 Å². The molecule has 0 saturated heterocycles. The van der Waals surface area contributed by atoms with Crippen LogP contribution in [0.4, 0.5) is 0 Å². The number of hydrogen-bond donors (Lipinski definition) is 5. The Morgan fingerprint density at radius 3 is 2.16 bits per heavy atom. The van der Waals surface area contributed by atoms with E-state index in [1.807, 2.05) is 0 Å². The maximum Gasteiger partial charge on any atom is 0.385 e. The predicted octanol–water partition coefficient (Wildman–Crippen LogP) is -1.15. The highest BCUT2D eigenvalue weighted by atomic mass is 31.2. The Labute approximate surface area is 109 Å². The molecule has 0 aliphatic heterocycles. The third kappa shape index (κ3) is 5.12. The van der Waals surface area contributed by atoms with Crippen molar-refractivity contribution in [3.63, 3.8) is 0 Å². The van der Waals surface area contributed by atoms with Crippen molar-refractivity contribution in [3.8, 4) is 5.75 Å². The van der Waals surface area contributed by atoms with Crippen LogP contribution in [-0.2, 0) is 20.3 Å². The maximum atomic E-state index is 11.8. The van der Waals surface area contributed by atoms with Crippen molar-refractivity contribution < 1.29 is 18.4 Å². The second kappa shape index (κ2) is 5.42. The quantitative estimate of drug-likeness (QED) is 0.421. The summed E-state index contributed by atoms with van der Waals surface area (Å²) >= 11 is 0. The van der Waals surface area contributed by atoms with Crippen molar-refractivity contribution >= 4 is 26.3 Å². The molecule has 1 aromatic rings. The predicted molar refractivity (Wildman–Crippen MR) is 71.6 cm³/mol. The summed E-state index contributed by atoms with van der Waals surface area (Å²) in [6.45, 7) is 0. The minimum absolute atomic E-state index is 0.0164. The molecule has 0 heterocycles. The molecule has 0 aromatic heterocycles. The highest BCUT2D eigenvalue weighted by molar-refractivity contribution is 7.67. The number of benzene rings is 1. The van der Waals surface area contributed by atoms with E-state index in [-0.39, 0.29) is 23.0 Å². The molecule has 0 unspecified atom stereocenters. The van der Waals surface area contributed by atoms with Crippen molar-refractivity contribution in [3.05, 3.63) is 23.8 Å². The van der Waals surface area contributed by atoms with Crippen LogP contribution in [0, 0.1) is 0 Å². The number of carbonyl (C=O) groups is 1. The van der Waals surface area contributed by atoms with Crippen LogP contribution in [0.2, 0.25) is 0 Å². The second-order valence-corrected chi connectivity index (χ2v) is 7.25. The van der Waals surface area contributed by atoms with Crippen molar-refractivity contribution in [1.82, 2.24) is 0 Å². The molecule has 0 radical (unpaired) electrons. The lowest BCUT2D eigenvalue weighted by Crippen LogP contribution is -2.26. The van der Waals surface area contributed by atoms with Gasteiger partial charge in [-0.05, 0) is 17.7 Å². The molecule has 106 valence electrons. The highest BCUT2D eigenvalue weighted by Crippen LogP contribution is 2.33. The first kappa shape index (κ1) is 15.8. The van der Waals surface area contributed by atoms with Crippen LogP contribution in [0.3, 0.4) is 0 Å². The first-order valence-corrected chi connectivity index (χ1v) is 8.55. The van der Waals surface area contributed by atoms with Gasteiger partial charge in [0.25, 0.3) is 0 Å². The van der Waals surface area contributed by atoms with E-state index in [0.717, 1.165) is 0 Å². The fourth-order valence-corrected chi connectivity index (χ4v) is 2.80. The number of nitrogens with two attached hydrogens (primary N) is 5. The summed E-state index contributed by atoms with van der Waals surface area (Å²) in [6, 6.07) is 3.88. The standard InChI is InChI=1S/C8H15N5O4P2/c9-8(14)3-5-1-2-6(17-19(12,13)16)4-7(5)18(10,11)15/h1-2,4H,3H2,(H2,9,14)(H4,10,11,15)(H4,12,13,16). The molecule has 0 atom stereocenters. The van der Waals surface area contributed by atoms with Gasteiger partial charge in [-0.3, -0.25) is 20.4 Å². The number of hydrogen-bond acceptors (Lipinski definition) is 4. The van der Waals surface area contributed by atoms with Gasteiger partial charge in [-0.25, -0.2) is 15.6 Å². The van der Waals surface area contributed by atoms with Crippen LogP contribution >= 0.6 is 15.1 Å². The molecule has 10 N–H and O–H groups in total. The van der Waals surface area contributed by atoms with Gasteiger partial charge in [-0.1, -0.05) is 6.07 Å². The third-order valence-electron chi connectivity index (χ3n) is 2.05. The van der Waals surface area contributed by atoms with Gasteiger partial charge in [-0.2, -0.15) is 0 Å². The Hall–Kier alpha value is -1.21. The van der Waals surface area contributed by atoms with Gasteiger partial charge in [0.15, 0.2) is 0 Å². The Balaban J connectivity index is 3.27. The average molecular weight is 307 g/mol. The largest absolute Gasteiger partial charge is 0.422 e. The third-order valence-corrected chi connectivity index (χ3v) is 3.71. The Bertz CT molecular complexity index is 593. The second-order valence-electron chi connectivity index (χ2n) is 3.88. The molecule has 0 bridgehead atoms. The van der Waals surface area contributed by atoms with Gasteiger partial charge in [-0.15, -0.1) is 0 Å². The summed E-state index contributed by atoms with van der Waals surface area (Å²) in [5, 5.41) is -0.0164. The zero-order valence-corrected chi connectivity index (χ0v) is 11.6. The molecule has 0 aliphatic carbocycles. The molecule has 1 rings (SSSR count). The van der Waals surface area contributed by atoms with Gasteiger partial charge < -0.3 is 10.3 Å². The molecule has 1 aromatic carbocycles. The molecular formula is C8H15N5O4P2. The Morgan fingerprint density at radius 2 is 1.74 bits per heavy atom. The lowest BCUT2D eigenvalue weighted by Gasteiger charge is -2.15. The molecule has 0 saturated carbocycles. The van der Waals surface area contributed by atoms with E-state index in [1.54, 1.807) is 0 Å². The van der Waals surface area contributed by atoms with Crippen LogP contribution in [0.25, 0.3) is 0 Å². The smallest absolute Gasteiger partial charge is 0.385 e. The lowest BCUT2D eigenvalue weighted by molar-refractivity contribution is -0.117. The molecule has 9 nitrogen and oxygen atoms in total. The minimum atomic E-state index is -3.77. The van der Waals surface area contributed by atoms with E-state index in [0.29, 0.717) is 0 Å². The van der Waals surface area contributed by atoms with E-state index in [9.17, 15) is 13.9 Å². The first-order valence-electron chi connectivity index (χ1n) is 4.95.